The van der Waals surface area contributed by atoms with Crippen LogP contribution in [0.1, 0.15) is 24.1 Å². The van der Waals surface area contributed by atoms with Crippen LogP contribution in [-0.2, 0) is 10.2 Å². The number of nitrogens with zero attached hydrogens (tertiary/aromatic N) is 2. The molecule has 1 aliphatic heterocycles. The van der Waals surface area contributed by atoms with Crippen LogP contribution < -0.4 is 16.4 Å². The molecule has 4 rings (SSSR count). The first-order valence-corrected chi connectivity index (χ1v) is 11.1. The van der Waals surface area contributed by atoms with Crippen molar-refractivity contribution in [2.24, 2.45) is 5.73 Å². The largest absolute Gasteiger partial charge is 0.352 e. The van der Waals surface area contributed by atoms with E-state index in [4.69, 9.17) is 10.7 Å². The van der Waals surface area contributed by atoms with Crippen LogP contribution in [0.25, 0.3) is 0 Å². The fourth-order valence-electron chi connectivity index (χ4n) is 4.06. The van der Waals surface area contributed by atoms with Crippen molar-refractivity contribution in [2.75, 3.05) is 25.0 Å². The molecular formula is C23H25N5O2S. The van der Waals surface area contributed by atoms with Crippen molar-refractivity contribution in [1.82, 2.24) is 15.2 Å². The van der Waals surface area contributed by atoms with E-state index in [1.165, 1.54) is 5.56 Å². The topological polar surface area (TPSA) is 100 Å². The number of primary amides is 1. The summed E-state index contributed by atoms with van der Waals surface area (Å²) in [5.41, 5.74) is 8.05. The maximum absolute atomic E-state index is 12.4. The lowest BCUT2D eigenvalue weighted by Crippen LogP contribution is -2.49. The normalized spacial score (nSPS) is 15.3. The molecule has 3 aromatic rings. The number of piperidine rings is 1. The van der Waals surface area contributed by atoms with Crippen LogP contribution in [0.2, 0.25) is 0 Å². The van der Waals surface area contributed by atoms with Gasteiger partial charge < -0.3 is 21.3 Å². The van der Waals surface area contributed by atoms with Crippen molar-refractivity contribution in [1.29, 1.82) is 0 Å². The molecule has 3 amide bonds. The number of hydrogen-bond donors (Lipinski definition) is 3. The molecule has 0 bridgehead atoms. The Morgan fingerprint density at radius 3 is 2.32 bits per heavy atom. The summed E-state index contributed by atoms with van der Waals surface area (Å²) in [6, 6.07) is 19.7. The smallest absolute Gasteiger partial charge is 0.312 e. The van der Waals surface area contributed by atoms with Crippen molar-refractivity contribution in [2.45, 2.75) is 18.3 Å². The number of amides is 3. The third-order valence-electron chi connectivity index (χ3n) is 5.73. The molecule has 0 aliphatic carbocycles. The Morgan fingerprint density at radius 2 is 1.68 bits per heavy atom. The summed E-state index contributed by atoms with van der Waals surface area (Å²) in [5, 5.41) is 8.72. The predicted octanol–water partition coefficient (Wildman–Crippen LogP) is 3.46. The summed E-state index contributed by atoms with van der Waals surface area (Å²) >= 11 is 1.59. The average molecular weight is 436 g/mol. The summed E-state index contributed by atoms with van der Waals surface area (Å²) in [6.07, 6.45) is 1.52. The number of para-hydroxylation sites is 1. The minimum atomic E-state index is -0.690. The number of likely N-dealkylation sites (tertiary alicyclic amines) is 1. The van der Waals surface area contributed by atoms with E-state index >= 15 is 0 Å². The average Bonchev–Trinajstić information content (AvgIpc) is 3.28. The minimum Gasteiger partial charge on any atom is -0.352 e. The highest BCUT2D eigenvalue weighted by Gasteiger charge is 2.40. The Labute approximate surface area is 185 Å². The lowest BCUT2D eigenvalue weighted by molar-refractivity contribution is -0.131. The number of carbonyl (C=O) groups is 2. The van der Waals surface area contributed by atoms with Gasteiger partial charge in [-0.25, -0.2) is 9.78 Å². The number of benzene rings is 2. The molecule has 0 atom stereocenters. The second kappa shape index (κ2) is 9.18. The maximum Gasteiger partial charge on any atom is 0.312 e. The molecule has 2 heterocycles. The molecule has 1 aliphatic rings. The van der Waals surface area contributed by atoms with Gasteiger partial charge in [0.1, 0.15) is 0 Å². The number of carbonyl (C=O) groups excluding carboxylic acids is 2. The first-order valence-electron chi connectivity index (χ1n) is 10.2. The van der Waals surface area contributed by atoms with Crippen LogP contribution >= 0.6 is 11.3 Å². The molecule has 0 unspecified atom stereocenters. The van der Waals surface area contributed by atoms with Gasteiger partial charge in [0, 0.05) is 29.6 Å². The molecule has 1 fully saturated rings. The molecule has 8 heteroatoms. The summed E-state index contributed by atoms with van der Waals surface area (Å²) in [6.45, 7) is 1.11. The second-order valence-corrected chi connectivity index (χ2v) is 8.43. The van der Waals surface area contributed by atoms with Gasteiger partial charge in [-0.3, -0.25) is 4.79 Å². The lowest BCUT2D eigenvalue weighted by atomic mass is 9.70. The number of urea groups is 1. The Bertz CT molecular complexity index is 1030. The van der Waals surface area contributed by atoms with Crippen LogP contribution in [0.5, 0.6) is 0 Å². The van der Waals surface area contributed by atoms with Crippen LogP contribution in [0, 0.1) is 0 Å². The predicted molar refractivity (Wildman–Crippen MR) is 122 cm³/mol. The van der Waals surface area contributed by atoms with E-state index in [9.17, 15) is 9.59 Å². The number of aromatic nitrogens is 1. The highest BCUT2D eigenvalue weighted by molar-refractivity contribution is 7.13. The van der Waals surface area contributed by atoms with Gasteiger partial charge in [-0.2, -0.15) is 0 Å². The van der Waals surface area contributed by atoms with E-state index in [1.807, 2.05) is 48.5 Å². The zero-order valence-corrected chi connectivity index (χ0v) is 17.9. The van der Waals surface area contributed by atoms with Crippen molar-refractivity contribution in [3.8, 4) is 0 Å². The van der Waals surface area contributed by atoms with Crippen molar-refractivity contribution >= 4 is 34.1 Å². The zero-order chi connectivity index (χ0) is 21.7. The summed E-state index contributed by atoms with van der Waals surface area (Å²) in [7, 11) is 0. The summed E-state index contributed by atoms with van der Waals surface area (Å²) in [4.78, 5) is 30.1. The Kier molecular flexibility index (Phi) is 6.18. The molecule has 7 nitrogen and oxygen atoms in total. The third kappa shape index (κ3) is 4.69. The number of thiazole rings is 1. The lowest BCUT2D eigenvalue weighted by Gasteiger charge is -2.41. The first-order chi connectivity index (χ1) is 15.1. The van der Waals surface area contributed by atoms with E-state index in [0.29, 0.717) is 13.1 Å². The molecule has 1 aromatic heterocycles. The summed E-state index contributed by atoms with van der Waals surface area (Å²) < 4.78 is 0. The molecule has 4 N–H and O–H groups in total. The number of anilines is 2. The van der Waals surface area contributed by atoms with E-state index in [-0.39, 0.29) is 17.9 Å². The van der Waals surface area contributed by atoms with Gasteiger partial charge in [0.2, 0.25) is 5.91 Å². The van der Waals surface area contributed by atoms with Gasteiger partial charge in [-0.05, 0) is 30.5 Å². The number of nitrogens with two attached hydrogens (primary N) is 1. The van der Waals surface area contributed by atoms with Gasteiger partial charge in [0.05, 0.1) is 12.2 Å². The van der Waals surface area contributed by atoms with Gasteiger partial charge in [0.25, 0.3) is 0 Å². The first kappa shape index (κ1) is 20.9. The zero-order valence-electron chi connectivity index (χ0n) is 17.1. The van der Waals surface area contributed by atoms with Gasteiger partial charge in [0.15, 0.2) is 5.13 Å². The van der Waals surface area contributed by atoms with E-state index in [1.54, 1.807) is 16.2 Å². The molecule has 1 saturated heterocycles. The van der Waals surface area contributed by atoms with Crippen molar-refractivity contribution in [3.63, 3.8) is 0 Å². The molecule has 160 valence electrons. The third-order valence-corrected chi connectivity index (χ3v) is 6.49. The molecule has 2 aromatic carbocycles. The Morgan fingerprint density at radius 1 is 1.03 bits per heavy atom. The molecular weight excluding hydrogens is 410 g/mol. The molecule has 31 heavy (non-hydrogen) atoms. The highest BCUT2D eigenvalue weighted by Crippen LogP contribution is 2.42. The van der Waals surface area contributed by atoms with Gasteiger partial charge in [-0.1, -0.05) is 48.5 Å². The summed E-state index contributed by atoms with van der Waals surface area (Å²) in [5.74, 6) is -0.120. The van der Waals surface area contributed by atoms with Gasteiger partial charge >= 0.3 is 6.03 Å². The number of rotatable bonds is 6. The number of nitrogens with one attached hydrogen (secondary N) is 2. The maximum atomic E-state index is 12.4. The van der Waals surface area contributed by atoms with Crippen LogP contribution in [-0.4, -0.2) is 41.5 Å². The van der Waals surface area contributed by atoms with E-state index in [0.717, 1.165) is 29.4 Å². The minimum absolute atomic E-state index is 0.0739. The van der Waals surface area contributed by atoms with Crippen LogP contribution in [0.4, 0.5) is 15.6 Å². The second-order valence-electron chi connectivity index (χ2n) is 7.58. The van der Waals surface area contributed by atoms with E-state index in [2.05, 4.69) is 28.1 Å². The monoisotopic (exact) mass is 435 g/mol. The quantitative estimate of drug-likeness (QED) is 0.552. The molecule has 0 saturated carbocycles. The van der Waals surface area contributed by atoms with E-state index < -0.39 is 6.03 Å². The standard InChI is InChI=1S/C23H25N5O2S/c24-21(30)25-15-20(29)28-13-11-23(12-14-28,17-7-3-1-4-8-17)19-16-31-22(27-19)26-18-9-5-2-6-10-18/h1-10,16H,11-15H2,(H,26,27)(H3,24,25,30). The van der Waals surface area contributed by atoms with Gasteiger partial charge in [-0.15, -0.1) is 11.3 Å². The fourth-order valence-corrected chi connectivity index (χ4v) is 4.89. The Hall–Kier alpha value is -3.39. The van der Waals surface area contributed by atoms with Crippen LogP contribution in [0.15, 0.2) is 66.0 Å². The molecule has 0 radical (unpaired) electrons. The SMILES string of the molecule is NC(=O)NCC(=O)N1CCC(c2ccccc2)(c2csc(Nc3ccccc3)n2)CC1. The highest BCUT2D eigenvalue weighted by atomic mass is 32.1. The number of hydrogen-bond acceptors (Lipinski definition) is 5. The molecule has 0 spiro atoms. The Balaban J connectivity index is 1.55. The fraction of sp³-hybridized carbons (Fsp3) is 0.261. The van der Waals surface area contributed by atoms with Crippen molar-refractivity contribution in [3.05, 3.63) is 77.3 Å². The van der Waals surface area contributed by atoms with Crippen LogP contribution in [0.3, 0.4) is 0 Å². The van der Waals surface area contributed by atoms with Crippen molar-refractivity contribution < 1.29 is 9.59 Å².